The summed E-state index contributed by atoms with van der Waals surface area (Å²) in [7, 11) is 0. The van der Waals surface area contributed by atoms with Crippen LogP contribution in [0.3, 0.4) is 0 Å². The number of carbonyl (C=O) groups is 1. The maximum Gasteiger partial charge on any atom is 0.410 e. The number of hydrogen-bond acceptors (Lipinski definition) is 4. The molecule has 0 aromatic rings. The van der Waals surface area contributed by atoms with Crippen LogP contribution in [0.25, 0.3) is 0 Å². The lowest BCUT2D eigenvalue weighted by molar-refractivity contribution is 0.0168. The van der Waals surface area contributed by atoms with Gasteiger partial charge in [0.1, 0.15) is 5.60 Å². The molecule has 5 heteroatoms. The van der Waals surface area contributed by atoms with Gasteiger partial charge in [-0.15, -0.1) is 0 Å². The molecule has 0 radical (unpaired) electrons. The minimum Gasteiger partial charge on any atom is -0.444 e. The van der Waals surface area contributed by atoms with Gasteiger partial charge in [-0.25, -0.2) is 4.79 Å². The van der Waals surface area contributed by atoms with Gasteiger partial charge in [0.2, 0.25) is 0 Å². The highest BCUT2D eigenvalue weighted by Crippen LogP contribution is 2.41. The van der Waals surface area contributed by atoms with E-state index in [1.807, 2.05) is 31.9 Å². The summed E-state index contributed by atoms with van der Waals surface area (Å²) >= 11 is 0. The Morgan fingerprint density at radius 1 is 1.10 bits per heavy atom. The van der Waals surface area contributed by atoms with E-state index in [0.29, 0.717) is 19.0 Å². The minimum absolute atomic E-state index is 0.214. The molecule has 2 aliphatic rings. The number of rotatable bonds is 6. The lowest BCUT2D eigenvalue weighted by Crippen LogP contribution is -2.49. The van der Waals surface area contributed by atoms with Crippen LogP contribution in [0.1, 0.15) is 67.7 Å². The van der Waals surface area contributed by atoms with E-state index in [9.17, 15) is 4.79 Å². The Kier molecular flexibility index (Phi) is 8.12. The van der Waals surface area contributed by atoms with Crippen molar-refractivity contribution >= 4 is 11.8 Å². The van der Waals surface area contributed by atoms with Gasteiger partial charge in [-0.3, -0.25) is 4.99 Å². The zero-order valence-corrected chi connectivity index (χ0v) is 19.4. The molecule has 1 saturated heterocycles. The van der Waals surface area contributed by atoms with E-state index in [1.54, 1.807) is 0 Å². The van der Waals surface area contributed by atoms with Crippen LogP contribution in [-0.2, 0) is 4.74 Å². The third-order valence-electron chi connectivity index (χ3n) is 5.36. The Morgan fingerprint density at radius 2 is 1.69 bits per heavy atom. The second-order valence-corrected chi connectivity index (χ2v) is 8.94. The first-order valence-corrected chi connectivity index (χ1v) is 11.0. The molecule has 1 amide bonds. The molecule has 1 heterocycles. The van der Waals surface area contributed by atoms with Gasteiger partial charge in [0.05, 0.1) is 0 Å². The summed E-state index contributed by atoms with van der Waals surface area (Å²) in [6.45, 7) is 17.3. The molecule has 2 rings (SSSR count). The summed E-state index contributed by atoms with van der Waals surface area (Å²) in [4.78, 5) is 21.3. The summed E-state index contributed by atoms with van der Waals surface area (Å²) in [6.07, 6.45) is 9.57. The summed E-state index contributed by atoms with van der Waals surface area (Å²) in [5.41, 5.74) is 4.58. The van der Waals surface area contributed by atoms with Crippen molar-refractivity contribution in [2.45, 2.75) is 73.3 Å². The van der Waals surface area contributed by atoms with E-state index < -0.39 is 5.60 Å². The maximum atomic E-state index is 12.4. The monoisotopic (exact) mass is 401 g/mol. The first kappa shape index (κ1) is 23.2. The number of amides is 1. The lowest BCUT2D eigenvalue weighted by atomic mass is 9.95. The van der Waals surface area contributed by atoms with E-state index in [2.05, 4.69) is 44.7 Å². The number of piperazine rings is 1. The Labute approximate surface area is 177 Å². The molecule has 0 spiro atoms. The zero-order valence-electron chi connectivity index (χ0n) is 19.4. The van der Waals surface area contributed by atoms with Gasteiger partial charge >= 0.3 is 6.09 Å². The van der Waals surface area contributed by atoms with E-state index in [4.69, 9.17) is 9.73 Å². The highest BCUT2D eigenvalue weighted by atomic mass is 16.6. The summed E-state index contributed by atoms with van der Waals surface area (Å²) in [5, 5.41) is 0. The van der Waals surface area contributed by atoms with E-state index >= 15 is 0 Å². The van der Waals surface area contributed by atoms with Crippen LogP contribution < -0.4 is 0 Å². The van der Waals surface area contributed by atoms with Gasteiger partial charge in [-0.05, 0) is 72.3 Å². The van der Waals surface area contributed by atoms with E-state index in [0.717, 1.165) is 25.2 Å². The van der Waals surface area contributed by atoms with Crippen LogP contribution in [0.5, 0.6) is 0 Å². The number of carbonyl (C=O) groups excluding carboxylic acids is 1. The van der Waals surface area contributed by atoms with E-state index in [-0.39, 0.29) is 6.09 Å². The largest absolute Gasteiger partial charge is 0.444 e. The number of hydrogen-bond donors (Lipinski definition) is 0. The van der Waals surface area contributed by atoms with Crippen LogP contribution in [0.4, 0.5) is 4.79 Å². The molecular weight excluding hydrogens is 362 g/mol. The van der Waals surface area contributed by atoms with Gasteiger partial charge in [-0.2, -0.15) is 0 Å². The Balaban J connectivity index is 2.19. The lowest BCUT2D eigenvalue weighted by Gasteiger charge is -2.38. The number of ether oxygens (including phenoxy) is 1. The van der Waals surface area contributed by atoms with Crippen LogP contribution >= 0.6 is 0 Å². The van der Waals surface area contributed by atoms with Crippen molar-refractivity contribution < 1.29 is 9.53 Å². The Morgan fingerprint density at radius 3 is 2.17 bits per heavy atom. The number of allylic oxidation sites excluding steroid dienone is 5. The normalized spacial score (nSPS) is 20.2. The maximum absolute atomic E-state index is 12.4. The molecule has 1 aliphatic carbocycles. The molecule has 1 aliphatic heterocycles. The molecule has 1 saturated carbocycles. The molecule has 0 aromatic heterocycles. The van der Waals surface area contributed by atoms with Gasteiger partial charge in [-0.1, -0.05) is 19.1 Å². The molecule has 29 heavy (non-hydrogen) atoms. The number of aliphatic imine (C=N–C) groups is 1. The second kappa shape index (κ2) is 10.1. The van der Waals surface area contributed by atoms with Gasteiger partial charge < -0.3 is 14.5 Å². The van der Waals surface area contributed by atoms with Crippen molar-refractivity contribution in [1.82, 2.24) is 9.80 Å². The summed E-state index contributed by atoms with van der Waals surface area (Å²) in [5.74, 6) is 0.660. The van der Waals surface area contributed by atoms with Crippen molar-refractivity contribution in [2.24, 2.45) is 10.9 Å². The Bertz CT molecular complexity index is 698. The van der Waals surface area contributed by atoms with Gasteiger partial charge in [0.15, 0.2) is 0 Å². The first-order valence-electron chi connectivity index (χ1n) is 11.0. The average Bonchev–Trinajstić information content (AvgIpc) is 3.49. The average molecular weight is 402 g/mol. The summed E-state index contributed by atoms with van der Waals surface area (Å²) in [6, 6.07) is 0. The highest BCUT2D eigenvalue weighted by molar-refractivity contribution is 6.03. The molecule has 0 atom stereocenters. The predicted octanol–water partition coefficient (Wildman–Crippen LogP) is 5.55. The fourth-order valence-electron chi connectivity index (χ4n) is 3.70. The first-order chi connectivity index (χ1) is 13.7. The molecule has 5 nitrogen and oxygen atoms in total. The third-order valence-corrected chi connectivity index (χ3v) is 5.36. The Hall–Kier alpha value is -2.04. The third kappa shape index (κ3) is 6.76. The number of nitrogens with zero attached hydrogens (tertiary/aromatic N) is 3. The van der Waals surface area contributed by atoms with Gasteiger partial charge in [0, 0.05) is 49.4 Å². The smallest absolute Gasteiger partial charge is 0.410 e. The SMILES string of the molecule is C\C=C(C(/C(C)=N/C=C/CC)=C(/C)N1CCN(C(=O)OC(C)(C)C)CC1)\C1CC1. The van der Waals surface area contributed by atoms with Crippen LogP contribution in [-0.4, -0.2) is 53.4 Å². The molecule has 162 valence electrons. The minimum atomic E-state index is -0.456. The van der Waals surface area contributed by atoms with Crippen molar-refractivity contribution in [1.29, 1.82) is 0 Å². The van der Waals surface area contributed by atoms with Crippen molar-refractivity contribution in [2.75, 3.05) is 26.2 Å². The molecular formula is C24H39N3O2. The van der Waals surface area contributed by atoms with Crippen molar-refractivity contribution in [3.63, 3.8) is 0 Å². The van der Waals surface area contributed by atoms with E-state index in [1.165, 1.54) is 29.7 Å². The molecule has 0 bridgehead atoms. The highest BCUT2D eigenvalue weighted by Gasteiger charge is 2.31. The topological polar surface area (TPSA) is 45.1 Å². The van der Waals surface area contributed by atoms with Crippen LogP contribution in [0, 0.1) is 5.92 Å². The van der Waals surface area contributed by atoms with Crippen molar-refractivity contribution in [3.8, 4) is 0 Å². The zero-order chi connectivity index (χ0) is 21.6. The van der Waals surface area contributed by atoms with Crippen LogP contribution in [0.2, 0.25) is 0 Å². The summed E-state index contributed by atoms with van der Waals surface area (Å²) < 4.78 is 5.53. The molecule has 2 fully saturated rings. The molecule has 0 N–H and O–H groups in total. The van der Waals surface area contributed by atoms with Gasteiger partial charge in [0.25, 0.3) is 0 Å². The fourth-order valence-corrected chi connectivity index (χ4v) is 3.70. The van der Waals surface area contributed by atoms with Crippen LogP contribution in [0.15, 0.2) is 40.2 Å². The predicted molar refractivity (Wildman–Crippen MR) is 121 cm³/mol. The fraction of sp³-hybridized carbons (Fsp3) is 0.667. The molecule has 0 unspecified atom stereocenters. The van der Waals surface area contributed by atoms with Crippen molar-refractivity contribution in [3.05, 3.63) is 35.2 Å². The molecule has 0 aromatic carbocycles. The standard InChI is InChI=1S/C24H39N3O2/c1-8-10-13-25-18(3)22(21(9-2)20-11-12-20)19(4)26-14-16-27(17-15-26)23(28)29-24(5,6)7/h9-10,13,20H,8,11-12,14-17H2,1-7H3/b13-10+,21-9-,22-19-,25-18+. The quantitative estimate of drug-likeness (QED) is 0.433. The second-order valence-electron chi connectivity index (χ2n) is 8.94.